The molecule has 5 nitrogen and oxygen atoms in total. The molecule has 27 heavy (non-hydrogen) atoms. The van der Waals surface area contributed by atoms with E-state index in [-0.39, 0.29) is 12.5 Å². The summed E-state index contributed by atoms with van der Waals surface area (Å²) in [5, 5.41) is 0.904. The van der Waals surface area contributed by atoms with E-state index in [0.717, 1.165) is 22.2 Å². The van der Waals surface area contributed by atoms with Crippen LogP contribution in [-0.4, -0.2) is 30.0 Å². The number of benzene rings is 2. The lowest BCUT2D eigenvalue weighted by atomic mass is 10.0. The van der Waals surface area contributed by atoms with Crippen molar-refractivity contribution in [3.63, 3.8) is 0 Å². The number of nitrogens with zero attached hydrogens (tertiary/aromatic N) is 2. The Balaban J connectivity index is 1.78. The van der Waals surface area contributed by atoms with Crippen LogP contribution < -0.4 is 4.90 Å². The second-order valence-corrected chi connectivity index (χ2v) is 6.26. The molecule has 0 aliphatic carbocycles. The van der Waals surface area contributed by atoms with Crippen molar-refractivity contribution in [1.82, 2.24) is 4.98 Å². The second-order valence-electron chi connectivity index (χ2n) is 6.26. The number of pyridine rings is 1. The van der Waals surface area contributed by atoms with Crippen molar-refractivity contribution in [2.75, 3.05) is 18.1 Å². The standard InChI is InChI=1S/C22H22N2O3/c1-4-24(17-10-6-5-7-11-17)20(25)14-27-22(26)21-15(2)18-12-8-9-13-19(18)23-16(21)3/h5-13H,4,14H2,1-3H3. The van der Waals surface area contributed by atoms with E-state index in [1.165, 1.54) is 0 Å². The summed E-state index contributed by atoms with van der Waals surface area (Å²) in [6, 6.07) is 17.0. The average Bonchev–Trinajstić information content (AvgIpc) is 2.68. The number of hydrogen-bond donors (Lipinski definition) is 0. The Morgan fingerprint density at radius 2 is 1.67 bits per heavy atom. The van der Waals surface area contributed by atoms with Crippen molar-refractivity contribution in [2.24, 2.45) is 0 Å². The Bertz CT molecular complexity index is 984. The molecule has 0 aliphatic heterocycles. The molecule has 0 N–H and O–H groups in total. The minimum atomic E-state index is -0.527. The van der Waals surface area contributed by atoms with Crippen LogP contribution in [0.5, 0.6) is 0 Å². The fourth-order valence-electron chi connectivity index (χ4n) is 3.22. The zero-order valence-electron chi connectivity index (χ0n) is 15.7. The molecule has 0 radical (unpaired) electrons. The van der Waals surface area contributed by atoms with Crippen LogP contribution in [-0.2, 0) is 9.53 Å². The molecule has 3 aromatic rings. The van der Waals surface area contributed by atoms with Crippen molar-refractivity contribution in [3.05, 3.63) is 71.4 Å². The van der Waals surface area contributed by atoms with Crippen LogP contribution in [0.25, 0.3) is 10.9 Å². The molecule has 0 aliphatic rings. The Morgan fingerprint density at radius 1 is 1.00 bits per heavy atom. The van der Waals surface area contributed by atoms with Crippen LogP contribution in [0, 0.1) is 13.8 Å². The summed E-state index contributed by atoms with van der Waals surface area (Å²) in [6.07, 6.45) is 0. The number of aromatic nitrogens is 1. The number of aryl methyl sites for hydroxylation is 2. The van der Waals surface area contributed by atoms with Gasteiger partial charge in [0.2, 0.25) is 0 Å². The van der Waals surface area contributed by atoms with E-state index in [9.17, 15) is 9.59 Å². The molecule has 5 heteroatoms. The van der Waals surface area contributed by atoms with Gasteiger partial charge in [-0.25, -0.2) is 4.79 Å². The quantitative estimate of drug-likeness (QED) is 0.642. The molecular formula is C22H22N2O3. The molecule has 1 amide bonds. The first-order chi connectivity index (χ1) is 13.0. The number of anilines is 1. The zero-order valence-corrected chi connectivity index (χ0v) is 15.7. The first kappa shape index (κ1) is 18.6. The highest BCUT2D eigenvalue weighted by molar-refractivity contribution is 6.00. The van der Waals surface area contributed by atoms with Crippen LogP contribution in [0.1, 0.15) is 28.5 Å². The number of carbonyl (C=O) groups excluding carboxylic acids is 2. The van der Waals surface area contributed by atoms with E-state index < -0.39 is 5.97 Å². The number of likely N-dealkylation sites (N-methyl/N-ethyl adjacent to an activating group) is 1. The summed E-state index contributed by atoms with van der Waals surface area (Å²) >= 11 is 0. The van der Waals surface area contributed by atoms with Crippen molar-refractivity contribution < 1.29 is 14.3 Å². The number of para-hydroxylation sites is 2. The maximum Gasteiger partial charge on any atom is 0.340 e. The smallest absolute Gasteiger partial charge is 0.340 e. The third-order valence-corrected chi connectivity index (χ3v) is 4.55. The Hall–Kier alpha value is -3.21. The van der Waals surface area contributed by atoms with Gasteiger partial charge in [0.15, 0.2) is 6.61 Å². The van der Waals surface area contributed by atoms with Crippen molar-refractivity contribution in [3.8, 4) is 0 Å². The molecule has 0 spiro atoms. The van der Waals surface area contributed by atoms with Crippen LogP contribution in [0.4, 0.5) is 5.69 Å². The topological polar surface area (TPSA) is 59.5 Å². The van der Waals surface area contributed by atoms with Crippen LogP contribution in [0.3, 0.4) is 0 Å². The van der Waals surface area contributed by atoms with Crippen LogP contribution >= 0.6 is 0 Å². The summed E-state index contributed by atoms with van der Waals surface area (Å²) in [6.45, 7) is 5.72. The lowest BCUT2D eigenvalue weighted by molar-refractivity contribution is -0.121. The number of carbonyl (C=O) groups is 2. The highest BCUT2D eigenvalue weighted by Gasteiger charge is 2.20. The van der Waals surface area contributed by atoms with Gasteiger partial charge in [-0.3, -0.25) is 9.78 Å². The summed E-state index contributed by atoms with van der Waals surface area (Å²) in [7, 11) is 0. The predicted molar refractivity (Wildman–Crippen MR) is 106 cm³/mol. The molecule has 0 saturated heterocycles. The van der Waals surface area contributed by atoms with Gasteiger partial charge in [0.25, 0.3) is 5.91 Å². The third kappa shape index (κ3) is 3.82. The summed E-state index contributed by atoms with van der Waals surface area (Å²) in [4.78, 5) is 31.3. The Labute approximate surface area is 158 Å². The minimum absolute atomic E-state index is 0.263. The number of ether oxygens (including phenoxy) is 1. The molecule has 2 aromatic carbocycles. The third-order valence-electron chi connectivity index (χ3n) is 4.55. The molecule has 0 saturated carbocycles. The minimum Gasteiger partial charge on any atom is -0.452 e. The first-order valence-electron chi connectivity index (χ1n) is 8.91. The number of fused-ring (bicyclic) bond motifs is 1. The molecule has 0 bridgehead atoms. The van der Waals surface area contributed by atoms with Gasteiger partial charge in [0.05, 0.1) is 16.8 Å². The number of hydrogen-bond acceptors (Lipinski definition) is 4. The molecule has 0 fully saturated rings. The number of rotatable bonds is 5. The van der Waals surface area contributed by atoms with Gasteiger partial charge >= 0.3 is 5.97 Å². The van der Waals surface area contributed by atoms with E-state index in [1.807, 2.05) is 68.4 Å². The Morgan fingerprint density at radius 3 is 2.37 bits per heavy atom. The van der Waals surface area contributed by atoms with Crippen molar-refractivity contribution in [2.45, 2.75) is 20.8 Å². The molecule has 1 heterocycles. The lowest BCUT2D eigenvalue weighted by Crippen LogP contribution is -2.34. The van der Waals surface area contributed by atoms with Gasteiger partial charge in [0, 0.05) is 17.6 Å². The molecule has 0 atom stereocenters. The van der Waals surface area contributed by atoms with E-state index >= 15 is 0 Å². The van der Waals surface area contributed by atoms with Crippen molar-refractivity contribution >= 4 is 28.5 Å². The maximum atomic E-state index is 12.6. The summed E-state index contributed by atoms with van der Waals surface area (Å²) < 4.78 is 5.33. The molecule has 0 unspecified atom stereocenters. The monoisotopic (exact) mass is 362 g/mol. The molecule has 138 valence electrons. The van der Waals surface area contributed by atoms with Crippen LogP contribution in [0.2, 0.25) is 0 Å². The predicted octanol–water partition coefficient (Wildman–Crippen LogP) is 4.06. The van der Waals surface area contributed by atoms with E-state index in [1.54, 1.807) is 11.8 Å². The molecule has 1 aromatic heterocycles. The maximum absolute atomic E-state index is 12.6. The summed E-state index contributed by atoms with van der Waals surface area (Å²) in [5.41, 5.74) is 3.44. The Kier molecular flexibility index (Phi) is 5.50. The van der Waals surface area contributed by atoms with Gasteiger partial charge in [0.1, 0.15) is 0 Å². The SMILES string of the molecule is CCN(C(=O)COC(=O)c1c(C)nc2ccccc2c1C)c1ccccc1. The second kappa shape index (κ2) is 7.99. The van der Waals surface area contributed by atoms with Gasteiger partial charge in [-0.2, -0.15) is 0 Å². The first-order valence-corrected chi connectivity index (χ1v) is 8.91. The van der Waals surface area contributed by atoms with Gasteiger partial charge in [-0.15, -0.1) is 0 Å². The molecule has 3 rings (SSSR count). The van der Waals surface area contributed by atoms with E-state index in [4.69, 9.17) is 4.74 Å². The van der Waals surface area contributed by atoms with E-state index in [2.05, 4.69) is 4.98 Å². The number of amides is 1. The molecular weight excluding hydrogens is 340 g/mol. The fourth-order valence-corrected chi connectivity index (χ4v) is 3.22. The fraction of sp³-hybridized carbons (Fsp3) is 0.227. The highest BCUT2D eigenvalue weighted by atomic mass is 16.5. The van der Waals surface area contributed by atoms with Crippen LogP contribution in [0.15, 0.2) is 54.6 Å². The normalized spacial score (nSPS) is 10.6. The van der Waals surface area contributed by atoms with Gasteiger partial charge in [-0.05, 0) is 44.5 Å². The highest BCUT2D eigenvalue weighted by Crippen LogP contribution is 2.23. The van der Waals surface area contributed by atoms with Gasteiger partial charge < -0.3 is 9.64 Å². The lowest BCUT2D eigenvalue weighted by Gasteiger charge is -2.21. The van der Waals surface area contributed by atoms with Gasteiger partial charge in [-0.1, -0.05) is 36.4 Å². The zero-order chi connectivity index (χ0) is 19.4. The van der Waals surface area contributed by atoms with E-state index in [0.29, 0.717) is 17.8 Å². The average molecular weight is 362 g/mol. The summed E-state index contributed by atoms with van der Waals surface area (Å²) in [5.74, 6) is -0.790. The number of esters is 1. The largest absolute Gasteiger partial charge is 0.452 e. The van der Waals surface area contributed by atoms with Crippen molar-refractivity contribution in [1.29, 1.82) is 0 Å².